The monoisotopic (exact) mass is 328 g/mol. The smallest absolute Gasteiger partial charge is 0.254 e. The molecule has 0 aromatic heterocycles. The lowest BCUT2D eigenvalue weighted by atomic mass is 10.1. The van der Waals surface area contributed by atoms with Crippen molar-refractivity contribution in [1.29, 1.82) is 0 Å². The van der Waals surface area contributed by atoms with Crippen molar-refractivity contribution in [1.82, 2.24) is 4.90 Å². The number of carbonyl (C=O) groups excluding carboxylic acids is 1. The van der Waals surface area contributed by atoms with Gasteiger partial charge in [-0.2, -0.15) is 0 Å². The second-order valence-electron chi connectivity index (χ2n) is 5.67. The number of hydrogen-bond acceptors (Lipinski definition) is 4. The predicted molar refractivity (Wildman–Crippen MR) is 89.2 cm³/mol. The molecule has 0 aliphatic carbocycles. The number of amides is 1. The van der Waals surface area contributed by atoms with Crippen LogP contribution in [0.1, 0.15) is 29.3 Å². The van der Waals surface area contributed by atoms with Gasteiger partial charge < -0.3 is 20.1 Å². The lowest BCUT2D eigenvalue weighted by Gasteiger charge is -2.23. The molecule has 1 amide bonds. The Morgan fingerprint density at radius 3 is 2.41 bits per heavy atom. The molecular weight excluding hydrogens is 304 g/mol. The van der Waals surface area contributed by atoms with Gasteiger partial charge in [0.25, 0.3) is 5.91 Å². The minimum Gasteiger partial charge on any atom is -0.493 e. The lowest BCUT2D eigenvalue weighted by molar-refractivity contribution is 0.0742. The van der Waals surface area contributed by atoms with Crippen molar-refractivity contribution in [2.75, 3.05) is 27.3 Å². The third-order valence-corrected chi connectivity index (χ3v) is 4.22. The maximum atomic E-state index is 12.8. The molecule has 1 aromatic rings. The van der Waals surface area contributed by atoms with Gasteiger partial charge in [-0.1, -0.05) is 0 Å². The van der Waals surface area contributed by atoms with E-state index >= 15 is 0 Å². The van der Waals surface area contributed by atoms with E-state index in [0.29, 0.717) is 29.5 Å². The van der Waals surface area contributed by atoms with E-state index in [1.54, 1.807) is 20.3 Å². The number of halogens is 1. The molecule has 124 valence electrons. The van der Waals surface area contributed by atoms with E-state index in [9.17, 15) is 4.79 Å². The molecule has 0 radical (unpaired) electrons. The quantitative estimate of drug-likeness (QED) is 0.920. The first kappa shape index (κ1) is 18.6. The highest BCUT2D eigenvalue weighted by molar-refractivity contribution is 5.96. The Morgan fingerprint density at radius 1 is 1.32 bits per heavy atom. The molecular formula is C16H25ClN2O3. The Morgan fingerprint density at radius 2 is 1.91 bits per heavy atom. The van der Waals surface area contributed by atoms with Gasteiger partial charge >= 0.3 is 0 Å². The number of hydrogen-bond donors (Lipinski definition) is 1. The number of carbonyl (C=O) groups is 1. The Hall–Kier alpha value is -1.46. The van der Waals surface area contributed by atoms with Crippen LogP contribution in [-0.2, 0) is 0 Å². The van der Waals surface area contributed by atoms with E-state index in [0.717, 1.165) is 18.5 Å². The number of likely N-dealkylation sites (tertiary alicyclic amines) is 1. The highest BCUT2D eigenvalue weighted by atomic mass is 35.5. The maximum Gasteiger partial charge on any atom is 0.254 e. The van der Waals surface area contributed by atoms with E-state index in [1.807, 2.05) is 17.9 Å². The Labute approximate surface area is 138 Å². The van der Waals surface area contributed by atoms with E-state index < -0.39 is 0 Å². The molecule has 1 saturated heterocycles. The van der Waals surface area contributed by atoms with Gasteiger partial charge in [-0.3, -0.25) is 4.79 Å². The Balaban J connectivity index is 0.00000242. The van der Waals surface area contributed by atoms with Crippen LogP contribution < -0.4 is 15.2 Å². The number of rotatable bonds is 4. The van der Waals surface area contributed by atoms with Crippen LogP contribution in [0.15, 0.2) is 12.1 Å². The molecule has 2 unspecified atom stereocenters. The molecule has 2 rings (SSSR count). The number of aryl methyl sites for hydroxylation is 1. The van der Waals surface area contributed by atoms with Crippen LogP contribution in [0, 0.1) is 12.8 Å². The van der Waals surface area contributed by atoms with Gasteiger partial charge in [-0.25, -0.2) is 0 Å². The summed E-state index contributed by atoms with van der Waals surface area (Å²) < 4.78 is 10.6. The molecule has 1 heterocycles. The number of ether oxygens (including phenoxy) is 2. The zero-order chi connectivity index (χ0) is 15.6. The fourth-order valence-corrected chi connectivity index (χ4v) is 2.96. The van der Waals surface area contributed by atoms with Crippen molar-refractivity contribution in [2.24, 2.45) is 11.7 Å². The van der Waals surface area contributed by atoms with Gasteiger partial charge in [-0.05, 0) is 50.4 Å². The van der Waals surface area contributed by atoms with Gasteiger partial charge in [0.1, 0.15) is 0 Å². The van der Waals surface area contributed by atoms with Crippen LogP contribution in [0.25, 0.3) is 0 Å². The van der Waals surface area contributed by atoms with Crippen molar-refractivity contribution in [3.05, 3.63) is 23.3 Å². The summed E-state index contributed by atoms with van der Waals surface area (Å²) >= 11 is 0. The van der Waals surface area contributed by atoms with Crippen molar-refractivity contribution < 1.29 is 14.3 Å². The van der Waals surface area contributed by atoms with Crippen LogP contribution in [0.4, 0.5) is 0 Å². The van der Waals surface area contributed by atoms with Gasteiger partial charge in [0.2, 0.25) is 0 Å². The predicted octanol–water partition coefficient (Wildman–Crippen LogP) is 2.24. The van der Waals surface area contributed by atoms with E-state index in [-0.39, 0.29) is 24.4 Å². The molecule has 1 aliphatic rings. The van der Waals surface area contributed by atoms with Gasteiger partial charge in [0, 0.05) is 18.2 Å². The molecule has 1 aromatic carbocycles. The third-order valence-electron chi connectivity index (χ3n) is 4.22. The normalized spacial score (nSPS) is 20.5. The average molecular weight is 329 g/mol. The summed E-state index contributed by atoms with van der Waals surface area (Å²) in [5.41, 5.74) is 7.29. The first-order valence-electron chi connectivity index (χ1n) is 7.25. The van der Waals surface area contributed by atoms with Crippen molar-refractivity contribution >= 4 is 18.3 Å². The fourth-order valence-electron chi connectivity index (χ4n) is 2.96. The fraction of sp³-hybridized carbons (Fsp3) is 0.562. The highest BCUT2D eigenvalue weighted by Crippen LogP contribution is 2.32. The molecule has 22 heavy (non-hydrogen) atoms. The standard InChI is InChI=1S/C16H24N2O3.ClH/c1-10-5-14(20-3)15(21-4)7-13(10)16(19)18-9-12(8-17)6-11(18)2;/h5,7,11-12H,6,8-9,17H2,1-4H3;1H. The van der Waals surface area contributed by atoms with Gasteiger partial charge in [0.05, 0.1) is 14.2 Å². The SMILES string of the molecule is COc1cc(C)c(C(=O)N2CC(CN)CC2C)cc1OC.Cl. The second kappa shape index (κ2) is 7.70. The van der Waals surface area contributed by atoms with E-state index in [4.69, 9.17) is 15.2 Å². The third kappa shape index (κ3) is 3.47. The Bertz CT molecular complexity index is 536. The molecule has 1 aliphatic heterocycles. The van der Waals surface area contributed by atoms with Crippen LogP contribution in [-0.4, -0.2) is 44.2 Å². The van der Waals surface area contributed by atoms with Gasteiger partial charge in [-0.15, -0.1) is 12.4 Å². The second-order valence-corrected chi connectivity index (χ2v) is 5.67. The molecule has 0 saturated carbocycles. The largest absolute Gasteiger partial charge is 0.493 e. The average Bonchev–Trinajstić information content (AvgIpc) is 2.87. The minimum absolute atomic E-state index is 0. The van der Waals surface area contributed by atoms with Crippen LogP contribution in [0.5, 0.6) is 11.5 Å². The molecule has 6 heteroatoms. The van der Waals surface area contributed by atoms with Crippen molar-refractivity contribution in [3.63, 3.8) is 0 Å². The summed E-state index contributed by atoms with van der Waals surface area (Å²) in [7, 11) is 3.16. The Kier molecular flexibility index (Phi) is 6.50. The number of nitrogens with two attached hydrogens (primary N) is 1. The molecule has 2 atom stereocenters. The molecule has 5 nitrogen and oxygen atoms in total. The lowest BCUT2D eigenvalue weighted by Crippen LogP contribution is -2.34. The van der Waals surface area contributed by atoms with Crippen molar-refractivity contribution in [3.8, 4) is 11.5 Å². The minimum atomic E-state index is 0. The summed E-state index contributed by atoms with van der Waals surface area (Å²) in [6.07, 6.45) is 0.967. The number of methoxy groups -OCH3 is 2. The number of nitrogens with zero attached hydrogens (tertiary/aromatic N) is 1. The molecule has 2 N–H and O–H groups in total. The zero-order valence-corrected chi connectivity index (χ0v) is 14.4. The van der Waals surface area contributed by atoms with Crippen LogP contribution in [0.2, 0.25) is 0 Å². The van der Waals surface area contributed by atoms with Crippen LogP contribution in [0.3, 0.4) is 0 Å². The van der Waals surface area contributed by atoms with Crippen LogP contribution >= 0.6 is 12.4 Å². The topological polar surface area (TPSA) is 64.8 Å². The molecule has 1 fully saturated rings. The van der Waals surface area contributed by atoms with Gasteiger partial charge in [0.15, 0.2) is 11.5 Å². The first-order chi connectivity index (χ1) is 10.0. The maximum absolute atomic E-state index is 12.8. The summed E-state index contributed by atoms with van der Waals surface area (Å²) in [4.78, 5) is 14.7. The molecule has 0 spiro atoms. The van der Waals surface area contributed by atoms with E-state index in [1.165, 1.54) is 0 Å². The summed E-state index contributed by atoms with van der Waals surface area (Å²) in [5, 5.41) is 0. The highest BCUT2D eigenvalue weighted by Gasteiger charge is 2.33. The van der Waals surface area contributed by atoms with E-state index in [2.05, 4.69) is 6.92 Å². The van der Waals surface area contributed by atoms with Crippen molar-refractivity contribution in [2.45, 2.75) is 26.3 Å². The molecule has 0 bridgehead atoms. The summed E-state index contributed by atoms with van der Waals surface area (Å²) in [6, 6.07) is 3.82. The summed E-state index contributed by atoms with van der Waals surface area (Å²) in [6.45, 7) is 5.34. The summed E-state index contributed by atoms with van der Waals surface area (Å²) in [5.74, 6) is 1.65. The zero-order valence-electron chi connectivity index (χ0n) is 13.6. The first-order valence-corrected chi connectivity index (χ1v) is 7.25. The number of benzene rings is 1.